The molecule has 246 valence electrons. The van der Waals surface area contributed by atoms with Crippen molar-refractivity contribution >= 4 is 68.1 Å². The van der Waals surface area contributed by atoms with Gasteiger partial charge in [-0.1, -0.05) is 60.6 Å². The number of carboxylic acid groups (broad SMARTS) is 1. The van der Waals surface area contributed by atoms with Crippen LogP contribution in [0.5, 0.6) is 0 Å². The van der Waals surface area contributed by atoms with Crippen molar-refractivity contribution in [2.45, 2.75) is 82.8 Å². The molecule has 1 aliphatic rings. The van der Waals surface area contributed by atoms with Crippen LogP contribution < -0.4 is 16.0 Å². The molecule has 5 N–H and O–H groups in total. The van der Waals surface area contributed by atoms with Gasteiger partial charge in [0.2, 0.25) is 17.7 Å². The number of nitrogens with one attached hydrogen (secondary N) is 4. The minimum atomic E-state index is -1.24. The molecule has 45 heavy (non-hydrogen) atoms. The molecule has 0 bridgehead atoms. The summed E-state index contributed by atoms with van der Waals surface area (Å²) in [7, 11) is 2.95. The number of para-hydroxylation sites is 1. The van der Waals surface area contributed by atoms with Crippen LogP contribution in [0.2, 0.25) is 0 Å². The maximum absolute atomic E-state index is 13.9. The summed E-state index contributed by atoms with van der Waals surface area (Å²) in [6, 6.07) is 3.47. The zero-order chi connectivity index (χ0) is 33.3. The van der Waals surface area contributed by atoms with Crippen molar-refractivity contribution in [3.63, 3.8) is 0 Å². The molecule has 1 aromatic heterocycles. The van der Waals surface area contributed by atoms with Crippen LogP contribution in [0.4, 0.5) is 0 Å². The molecule has 0 saturated carbocycles. The van der Waals surface area contributed by atoms with Gasteiger partial charge in [0, 0.05) is 47.5 Å². The zero-order valence-electron chi connectivity index (χ0n) is 26.0. The van der Waals surface area contributed by atoms with E-state index in [1.54, 1.807) is 17.0 Å². The molecule has 1 aromatic carbocycles. The molecule has 13 nitrogen and oxygen atoms in total. The maximum Gasteiger partial charge on any atom is 0.329 e. The molecule has 0 spiro atoms. The Morgan fingerprint density at radius 2 is 1.80 bits per heavy atom. The third-order valence-electron chi connectivity index (χ3n) is 6.85. The molecule has 2 aromatic rings. The van der Waals surface area contributed by atoms with Gasteiger partial charge in [0.05, 0.1) is 0 Å². The average molecular weight is 664 g/mol. The van der Waals surface area contributed by atoms with E-state index in [0.717, 1.165) is 16.5 Å². The molecule has 1 aliphatic heterocycles. The quantitative estimate of drug-likeness (QED) is 0.148. The Labute approximate surface area is 269 Å². The van der Waals surface area contributed by atoms with Gasteiger partial charge in [0.25, 0.3) is 5.91 Å². The third-order valence-corrected chi connectivity index (χ3v) is 10.2. The van der Waals surface area contributed by atoms with Gasteiger partial charge in [0.15, 0.2) is 6.61 Å². The molecule has 0 aliphatic carbocycles. The largest absolute Gasteiger partial charge is 0.480 e. The lowest BCUT2D eigenvalue weighted by atomic mass is 10.0. The smallest absolute Gasteiger partial charge is 0.329 e. The first-order valence-corrected chi connectivity index (χ1v) is 16.9. The van der Waals surface area contributed by atoms with Gasteiger partial charge in [-0.2, -0.15) is 0 Å². The predicted molar refractivity (Wildman–Crippen MR) is 172 cm³/mol. The third kappa shape index (κ3) is 10.7. The highest BCUT2D eigenvalue weighted by Gasteiger charge is 2.39. The lowest BCUT2D eigenvalue weighted by molar-refractivity contribution is -0.157. The van der Waals surface area contributed by atoms with E-state index >= 15 is 0 Å². The second-order valence-electron chi connectivity index (χ2n) is 11.8. The first-order valence-electron chi connectivity index (χ1n) is 14.6. The Morgan fingerprint density at radius 3 is 2.47 bits per heavy atom. The highest BCUT2D eigenvalue weighted by Crippen LogP contribution is 2.35. The van der Waals surface area contributed by atoms with E-state index in [1.807, 2.05) is 45.0 Å². The molecule has 3 rings (SSSR count). The molecular formula is C30H41N5O8S2. The molecule has 4 atom stereocenters. The van der Waals surface area contributed by atoms with E-state index in [-0.39, 0.29) is 23.5 Å². The number of aliphatic carboxylic acids is 1. The highest BCUT2D eigenvalue weighted by atomic mass is 33.1. The number of benzene rings is 1. The number of amides is 4. The Hall–Kier alpha value is -3.72. The van der Waals surface area contributed by atoms with Crippen molar-refractivity contribution in [2.75, 3.05) is 18.9 Å². The second kappa shape index (κ2) is 16.0. The van der Waals surface area contributed by atoms with E-state index in [9.17, 15) is 28.8 Å². The molecule has 1 saturated heterocycles. The van der Waals surface area contributed by atoms with Crippen molar-refractivity contribution in [3.8, 4) is 0 Å². The lowest BCUT2D eigenvalue weighted by Gasteiger charge is -2.29. The van der Waals surface area contributed by atoms with E-state index < -0.39 is 66.3 Å². The van der Waals surface area contributed by atoms with Crippen molar-refractivity contribution in [1.29, 1.82) is 0 Å². The number of aromatic amines is 1. The minimum Gasteiger partial charge on any atom is -0.480 e. The second-order valence-corrected chi connectivity index (χ2v) is 15.0. The summed E-state index contributed by atoms with van der Waals surface area (Å²) in [6.45, 7) is 8.21. The molecule has 1 fully saturated rings. The lowest BCUT2D eigenvalue weighted by Crippen LogP contribution is -2.57. The van der Waals surface area contributed by atoms with Gasteiger partial charge < -0.3 is 35.7 Å². The number of esters is 1. The highest BCUT2D eigenvalue weighted by molar-refractivity contribution is 8.77. The molecule has 0 unspecified atom stereocenters. The van der Waals surface area contributed by atoms with Crippen LogP contribution >= 0.6 is 21.6 Å². The Balaban J connectivity index is 1.75. The molecular weight excluding hydrogens is 622 g/mol. The van der Waals surface area contributed by atoms with Crippen molar-refractivity contribution in [3.05, 3.63) is 36.0 Å². The monoisotopic (exact) mass is 663 g/mol. The minimum absolute atomic E-state index is 0.130. The number of fused-ring (bicyclic) bond motifs is 1. The Bertz CT molecular complexity index is 1410. The van der Waals surface area contributed by atoms with Crippen molar-refractivity contribution in [2.24, 2.45) is 0 Å². The number of aromatic nitrogens is 1. The van der Waals surface area contributed by atoms with Gasteiger partial charge in [-0.05, 0) is 31.4 Å². The first kappa shape index (κ1) is 35.8. The summed E-state index contributed by atoms with van der Waals surface area (Å²) in [5.41, 5.74) is 1.71. The molecule has 4 amide bonds. The number of carbonyl (C=O) groups excluding carboxylic acids is 5. The van der Waals surface area contributed by atoms with E-state index in [4.69, 9.17) is 9.84 Å². The predicted octanol–water partition coefficient (Wildman–Crippen LogP) is 2.00. The van der Waals surface area contributed by atoms with Gasteiger partial charge in [-0.15, -0.1) is 0 Å². The normalized spacial score (nSPS) is 16.8. The van der Waals surface area contributed by atoms with E-state index in [2.05, 4.69) is 20.9 Å². The van der Waals surface area contributed by atoms with Gasteiger partial charge in [-0.25, -0.2) is 4.79 Å². The maximum atomic E-state index is 13.9. The standard InChI is InChI=1S/C30H41N5O8S2/c1-17(28(40)41)32-25(37)15-43-29(42)24-11-8-12-35(24)27(39)23(16-44-45-30(3,4)5)34-26(38)22(33-18(2)36)13-19-14-31-21-10-7-6-9-20(19)21/h6-7,9-10,14,17,22-24,31H,8,11-13,15-16H2,1-5H3,(H,32,37)(H,33,36)(H,34,38)(H,40,41)/t17-,22-,23+,24-/m0/s1. The number of rotatable bonds is 14. The number of likely N-dealkylation sites (tertiary alicyclic amines) is 1. The summed E-state index contributed by atoms with van der Waals surface area (Å²) in [6.07, 6.45) is 2.78. The number of nitrogens with zero attached hydrogens (tertiary/aromatic N) is 1. The van der Waals surface area contributed by atoms with E-state index in [1.165, 1.54) is 29.5 Å². The summed E-state index contributed by atoms with van der Waals surface area (Å²) in [4.78, 5) is 80.1. The molecule has 15 heteroatoms. The number of ether oxygens (including phenoxy) is 1. The SMILES string of the molecule is CC(=O)N[C@@H](Cc1c[nH]c2ccccc12)C(=O)N[C@H](CSSC(C)(C)C)C(=O)N1CCC[C@H]1C(=O)OCC(=O)N[C@@H](C)C(=O)O. The molecule has 0 radical (unpaired) electrons. The van der Waals surface area contributed by atoms with Crippen LogP contribution in [-0.2, 0) is 39.9 Å². The fraction of sp³-hybridized carbons (Fsp3) is 0.533. The Kier molecular flexibility index (Phi) is 12.7. The summed E-state index contributed by atoms with van der Waals surface area (Å²) < 4.78 is 5.00. The first-order chi connectivity index (χ1) is 21.2. The average Bonchev–Trinajstić information content (AvgIpc) is 3.61. The number of H-pyrrole nitrogens is 1. The fourth-order valence-corrected chi connectivity index (χ4v) is 7.21. The van der Waals surface area contributed by atoms with Crippen LogP contribution in [0.1, 0.15) is 53.0 Å². The van der Waals surface area contributed by atoms with E-state index in [0.29, 0.717) is 12.8 Å². The Morgan fingerprint density at radius 1 is 1.09 bits per heavy atom. The number of carboxylic acids is 1. The van der Waals surface area contributed by atoms with Crippen LogP contribution in [0.25, 0.3) is 10.9 Å². The van der Waals surface area contributed by atoms with Gasteiger partial charge in [0.1, 0.15) is 24.2 Å². The number of hydrogen-bond acceptors (Lipinski definition) is 9. The van der Waals surface area contributed by atoms with Crippen LogP contribution in [0.3, 0.4) is 0 Å². The van der Waals surface area contributed by atoms with Crippen LogP contribution in [0, 0.1) is 0 Å². The topological polar surface area (TPSA) is 187 Å². The fourth-order valence-electron chi connectivity index (χ4n) is 4.75. The summed E-state index contributed by atoms with van der Waals surface area (Å²) in [5.74, 6) is -4.05. The summed E-state index contributed by atoms with van der Waals surface area (Å²) >= 11 is 0. The molecule has 2 heterocycles. The zero-order valence-corrected chi connectivity index (χ0v) is 27.6. The van der Waals surface area contributed by atoms with Crippen LogP contribution in [0.15, 0.2) is 30.5 Å². The summed E-state index contributed by atoms with van der Waals surface area (Å²) in [5, 5.41) is 17.6. The van der Waals surface area contributed by atoms with Gasteiger partial charge >= 0.3 is 11.9 Å². The van der Waals surface area contributed by atoms with Crippen molar-refractivity contribution in [1.82, 2.24) is 25.8 Å². The van der Waals surface area contributed by atoms with Crippen molar-refractivity contribution < 1.29 is 38.6 Å². The van der Waals surface area contributed by atoms with Gasteiger partial charge in [-0.3, -0.25) is 24.0 Å². The number of carbonyl (C=O) groups is 6. The van der Waals surface area contributed by atoms with Crippen LogP contribution in [-0.4, -0.2) is 98.4 Å². The number of hydrogen-bond donors (Lipinski definition) is 5.